The van der Waals surface area contributed by atoms with Crippen LogP contribution in [0.2, 0.25) is 0 Å². The van der Waals surface area contributed by atoms with Crippen molar-refractivity contribution < 1.29 is 29.4 Å². The van der Waals surface area contributed by atoms with Crippen molar-refractivity contribution in [3.05, 3.63) is 34.4 Å². The number of nitrogens with zero attached hydrogens (tertiary/aromatic N) is 3. The third-order valence-electron chi connectivity index (χ3n) is 3.60. The standard InChI is InChI=1S/C14H17N3O4.HNO3/c15-7-12-8-17(14(19)21-12)11-3-1-10(2-4-11)16-5-6-20-9-13(16)18;2-1(3)4/h1-4,12H,5-9,15H2;(H,2,3,4). The second-order valence-electron chi connectivity index (χ2n) is 5.20. The summed E-state index contributed by atoms with van der Waals surface area (Å²) in [4.78, 5) is 35.1. The van der Waals surface area contributed by atoms with E-state index in [9.17, 15) is 9.59 Å². The highest BCUT2D eigenvalue weighted by molar-refractivity contribution is 5.95. The Morgan fingerprint density at radius 3 is 2.28 bits per heavy atom. The number of ether oxygens (including phenoxy) is 2. The van der Waals surface area contributed by atoms with Gasteiger partial charge in [-0.2, -0.15) is 0 Å². The molecule has 2 fully saturated rings. The highest BCUT2D eigenvalue weighted by Gasteiger charge is 2.31. The molecule has 0 spiro atoms. The Hall–Kier alpha value is -2.92. The average Bonchev–Trinajstić information content (AvgIpc) is 2.96. The molecule has 25 heavy (non-hydrogen) atoms. The first-order valence-corrected chi connectivity index (χ1v) is 7.42. The highest BCUT2D eigenvalue weighted by atomic mass is 16.9. The zero-order valence-electron chi connectivity index (χ0n) is 13.2. The summed E-state index contributed by atoms with van der Waals surface area (Å²) in [7, 11) is 0. The molecule has 0 saturated carbocycles. The number of anilines is 2. The molecule has 3 rings (SSSR count). The van der Waals surface area contributed by atoms with Crippen molar-refractivity contribution in [3.8, 4) is 0 Å². The summed E-state index contributed by atoms with van der Waals surface area (Å²) < 4.78 is 10.2. The quantitative estimate of drug-likeness (QED) is 0.568. The van der Waals surface area contributed by atoms with E-state index in [-0.39, 0.29) is 24.7 Å². The first kappa shape index (κ1) is 18.4. The molecule has 0 radical (unpaired) electrons. The van der Waals surface area contributed by atoms with Gasteiger partial charge in [-0.3, -0.25) is 9.69 Å². The molecule has 2 saturated heterocycles. The van der Waals surface area contributed by atoms with Crippen LogP contribution in [0.25, 0.3) is 0 Å². The van der Waals surface area contributed by atoms with Gasteiger partial charge in [0.05, 0.1) is 13.2 Å². The van der Waals surface area contributed by atoms with Crippen molar-refractivity contribution in [2.24, 2.45) is 5.73 Å². The maximum Gasteiger partial charge on any atom is 0.414 e. The van der Waals surface area contributed by atoms with E-state index in [4.69, 9.17) is 30.5 Å². The van der Waals surface area contributed by atoms with Crippen molar-refractivity contribution in [1.29, 1.82) is 0 Å². The van der Waals surface area contributed by atoms with Gasteiger partial charge in [0.1, 0.15) is 12.7 Å². The lowest BCUT2D eigenvalue weighted by Gasteiger charge is -2.27. The van der Waals surface area contributed by atoms with Crippen LogP contribution in [0.4, 0.5) is 16.2 Å². The fraction of sp³-hybridized carbons (Fsp3) is 0.429. The molecule has 1 aromatic rings. The van der Waals surface area contributed by atoms with Crippen LogP contribution in [0.5, 0.6) is 0 Å². The number of rotatable bonds is 3. The van der Waals surface area contributed by atoms with Crippen molar-refractivity contribution in [2.45, 2.75) is 6.10 Å². The molecule has 0 bridgehead atoms. The minimum atomic E-state index is -1.50. The van der Waals surface area contributed by atoms with Crippen LogP contribution in [0.1, 0.15) is 0 Å². The van der Waals surface area contributed by atoms with Crippen LogP contribution in [-0.2, 0) is 14.3 Å². The van der Waals surface area contributed by atoms with E-state index in [1.54, 1.807) is 21.9 Å². The van der Waals surface area contributed by atoms with Gasteiger partial charge in [-0.15, -0.1) is 10.1 Å². The van der Waals surface area contributed by atoms with E-state index in [2.05, 4.69) is 0 Å². The zero-order chi connectivity index (χ0) is 18.4. The lowest BCUT2D eigenvalue weighted by Crippen LogP contribution is -2.41. The molecule has 2 aliphatic rings. The average molecular weight is 354 g/mol. The molecule has 0 aliphatic carbocycles. The van der Waals surface area contributed by atoms with Crippen molar-refractivity contribution >= 4 is 23.4 Å². The molecular formula is C14H18N4O7. The Kier molecular flexibility index (Phi) is 6.08. The van der Waals surface area contributed by atoms with Crippen molar-refractivity contribution in [3.63, 3.8) is 0 Å². The fourth-order valence-corrected chi connectivity index (χ4v) is 2.46. The Balaban J connectivity index is 0.000000511. The summed E-state index contributed by atoms with van der Waals surface area (Å²) in [6, 6.07) is 7.25. The van der Waals surface area contributed by atoms with Crippen molar-refractivity contribution in [2.75, 3.05) is 42.6 Å². The molecule has 1 aromatic carbocycles. The van der Waals surface area contributed by atoms with Crippen LogP contribution in [0.15, 0.2) is 24.3 Å². The number of carbonyl (C=O) groups excluding carboxylic acids is 2. The number of benzene rings is 1. The lowest BCUT2D eigenvalue weighted by atomic mass is 10.2. The summed E-state index contributed by atoms with van der Waals surface area (Å²) in [5.41, 5.74) is 7.05. The Morgan fingerprint density at radius 1 is 1.24 bits per heavy atom. The summed E-state index contributed by atoms with van der Waals surface area (Å²) in [5, 5.41) is 13.6. The van der Waals surface area contributed by atoms with Gasteiger partial charge in [0.15, 0.2) is 0 Å². The molecule has 11 nitrogen and oxygen atoms in total. The smallest absolute Gasteiger partial charge is 0.414 e. The second kappa shape index (κ2) is 8.26. The van der Waals surface area contributed by atoms with Gasteiger partial charge in [-0.1, -0.05) is 0 Å². The molecule has 0 aromatic heterocycles. The summed E-state index contributed by atoms with van der Waals surface area (Å²) in [6.45, 7) is 1.94. The van der Waals surface area contributed by atoms with Gasteiger partial charge in [0.25, 0.3) is 11.0 Å². The number of carbonyl (C=O) groups is 2. The minimum absolute atomic E-state index is 0.0576. The molecule has 136 valence electrons. The number of nitrogens with two attached hydrogens (primary N) is 1. The van der Waals surface area contributed by atoms with Crippen LogP contribution in [0.3, 0.4) is 0 Å². The number of amides is 2. The van der Waals surface area contributed by atoms with Gasteiger partial charge in [-0.05, 0) is 24.3 Å². The summed E-state index contributed by atoms with van der Waals surface area (Å²) in [6.07, 6.45) is -0.654. The number of hydrogen-bond donors (Lipinski definition) is 2. The predicted molar refractivity (Wildman–Crippen MR) is 85.1 cm³/mol. The summed E-state index contributed by atoms with van der Waals surface area (Å²) >= 11 is 0. The number of morpholine rings is 1. The maximum atomic E-state index is 11.8. The normalized spacial score (nSPS) is 20.0. The van der Waals surface area contributed by atoms with Gasteiger partial charge >= 0.3 is 6.09 Å². The van der Waals surface area contributed by atoms with Crippen molar-refractivity contribution in [1.82, 2.24) is 0 Å². The molecule has 1 unspecified atom stereocenters. The minimum Gasteiger partial charge on any atom is -0.443 e. The Bertz CT molecular complexity index is 633. The number of cyclic esters (lactones) is 1. The molecular weight excluding hydrogens is 336 g/mol. The molecule has 2 aliphatic heterocycles. The predicted octanol–water partition coefficient (Wildman–Crippen LogP) is -0.0140. The van der Waals surface area contributed by atoms with Gasteiger partial charge in [-0.25, -0.2) is 4.79 Å². The second-order valence-corrected chi connectivity index (χ2v) is 5.20. The molecule has 11 heteroatoms. The topological polar surface area (TPSA) is 148 Å². The summed E-state index contributed by atoms with van der Waals surface area (Å²) in [5.74, 6) is -0.0576. The van der Waals surface area contributed by atoms with Crippen LogP contribution in [-0.4, -0.2) is 61.2 Å². The molecule has 2 amide bonds. The van der Waals surface area contributed by atoms with Gasteiger partial charge < -0.3 is 25.3 Å². The maximum absolute atomic E-state index is 11.8. The fourth-order valence-electron chi connectivity index (χ4n) is 2.46. The van der Waals surface area contributed by atoms with Crippen LogP contribution < -0.4 is 15.5 Å². The van der Waals surface area contributed by atoms with E-state index in [0.717, 1.165) is 11.4 Å². The van der Waals surface area contributed by atoms with E-state index < -0.39 is 5.09 Å². The molecule has 3 N–H and O–H groups in total. The van der Waals surface area contributed by atoms with E-state index >= 15 is 0 Å². The third-order valence-corrected chi connectivity index (χ3v) is 3.60. The first-order chi connectivity index (χ1) is 11.9. The molecule has 2 heterocycles. The number of hydrogen-bond acceptors (Lipinski definition) is 7. The van der Waals surface area contributed by atoms with E-state index in [1.807, 2.05) is 12.1 Å². The Morgan fingerprint density at radius 2 is 1.80 bits per heavy atom. The Labute approximate surface area is 142 Å². The zero-order valence-corrected chi connectivity index (χ0v) is 13.2. The SMILES string of the molecule is NCC1CN(c2ccc(N3CCOCC3=O)cc2)C(=O)O1.O=[N+]([O-])O. The van der Waals surface area contributed by atoms with Crippen LogP contribution >= 0.6 is 0 Å². The van der Waals surface area contributed by atoms with E-state index in [0.29, 0.717) is 26.2 Å². The molecule has 1 atom stereocenters. The first-order valence-electron chi connectivity index (χ1n) is 7.42. The van der Waals surface area contributed by atoms with Gasteiger partial charge in [0.2, 0.25) is 0 Å². The van der Waals surface area contributed by atoms with Crippen LogP contribution in [0, 0.1) is 10.1 Å². The van der Waals surface area contributed by atoms with Gasteiger partial charge in [0, 0.05) is 24.5 Å². The highest BCUT2D eigenvalue weighted by Crippen LogP contribution is 2.25. The third kappa shape index (κ3) is 4.78. The van der Waals surface area contributed by atoms with E-state index in [1.165, 1.54) is 0 Å². The largest absolute Gasteiger partial charge is 0.443 e. The monoisotopic (exact) mass is 354 g/mol. The lowest BCUT2D eigenvalue weighted by molar-refractivity contribution is -0.742.